The summed E-state index contributed by atoms with van der Waals surface area (Å²) in [5, 5.41) is 10.7. The van der Waals surface area contributed by atoms with Crippen LogP contribution in [0.15, 0.2) is 0 Å². The molecule has 0 radical (unpaired) electrons. The second-order valence-corrected chi connectivity index (χ2v) is 33.8. The fraction of sp³-hybridized carbons (Fsp3) is 0.952. The minimum absolute atomic E-state index is 0.108. The van der Waals surface area contributed by atoms with Crippen LogP contribution in [0.3, 0.4) is 0 Å². The monoisotopic (exact) mass is 1510 g/mol. The number of hydrogen-bond donors (Lipinski definition) is 3. The Morgan fingerprint density at radius 2 is 0.495 bits per heavy atom. The maximum Gasteiger partial charge on any atom is 0.472 e. The van der Waals surface area contributed by atoms with Crippen LogP contribution in [0.1, 0.15) is 446 Å². The van der Waals surface area contributed by atoms with Crippen LogP contribution >= 0.6 is 15.6 Å². The van der Waals surface area contributed by atoms with Crippen molar-refractivity contribution in [1.29, 1.82) is 0 Å². The number of ether oxygens (including phenoxy) is 4. The van der Waals surface area contributed by atoms with Gasteiger partial charge in [0.15, 0.2) is 12.2 Å². The predicted molar refractivity (Wildman–Crippen MR) is 423 cm³/mol. The van der Waals surface area contributed by atoms with E-state index in [0.29, 0.717) is 25.7 Å². The Morgan fingerprint density at radius 1 is 0.282 bits per heavy atom. The van der Waals surface area contributed by atoms with E-state index in [4.69, 9.17) is 37.0 Å². The summed E-state index contributed by atoms with van der Waals surface area (Å²) in [6.07, 6.45) is 66.5. The molecule has 19 heteroatoms. The highest BCUT2D eigenvalue weighted by molar-refractivity contribution is 7.47. The summed E-state index contributed by atoms with van der Waals surface area (Å²) in [6, 6.07) is 0. The van der Waals surface area contributed by atoms with Crippen LogP contribution in [-0.2, 0) is 65.4 Å². The highest BCUT2D eigenvalue weighted by Gasteiger charge is 2.30. The topological polar surface area (TPSA) is 237 Å². The van der Waals surface area contributed by atoms with Crippen molar-refractivity contribution < 1.29 is 80.2 Å². The smallest absolute Gasteiger partial charge is 0.462 e. The van der Waals surface area contributed by atoms with Crippen LogP contribution in [0.25, 0.3) is 0 Å². The molecule has 17 nitrogen and oxygen atoms in total. The maximum absolute atomic E-state index is 13.1. The average Bonchev–Trinajstić information content (AvgIpc) is 1.01. The SMILES string of the molecule is CCCCCCCCCCCCCCCCCCCCCC(=O)O[C@H](COC(=O)CCCCCCCCCCCCCCCCC(C)CC)COP(=O)(O)OC[C@@H](O)COP(=O)(O)OC[C@@H](COC(=O)CCCCCCCCCCC(C)C)OC(=O)CCCCCCCCCCCCCCCCC. The number of carbonyl (C=O) groups is 4. The van der Waals surface area contributed by atoms with Gasteiger partial charge in [0.2, 0.25) is 0 Å². The molecule has 0 amide bonds. The molecule has 0 heterocycles. The van der Waals surface area contributed by atoms with Crippen molar-refractivity contribution in [3.8, 4) is 0 Å². The first kappa shape index (κ1) is 101. The van der Waals surface area contributed by atoms with Crippen LogP contribution in [0, 0.1) is 11.8 Å². The standard InChI is InChI=1S/C84H164O17P2/c1-7-10-12-14-16-18-20-22-24-25-26-27-29-35-39-43-51-57-63-69-83(88)100-79(72-94-81(86)66-60-54-48-41-37-33-31-30-32-36-40-47-53-59-65-77(6)9-3)74-98-102(90,91)96-70-78(85)71-97-103(92,93)99-75-80(73-95-82(87)67-61-55-49-45-44-46-52-58-64-76(4)5)101-84(89)68-62-56-50-42-38-34-28-23-21-19-17-15-13-11-8-2/h76-80,85H,7-75H2,1-6H3,(H,90,91)(H,92,93)/t77?,78-,79-,80-/m1/s1. The van der Waals surface area contributed by atoms with Gasteiger partial charge in [-0.2, -0.15) is 0 Å². The Balaban J connectivity index is 5.25. The molecule has 6 atom stereocenters. The van der Waals surface area contributed by atoms with Crippen LogP contribution in [-0.4, -0.2) is 96.7 Å². The molecule has 0 aromatic rings. The highest BCUT2D eigenvalue weighted by atomic mass is 31.2. The quantitative estimate of drug-likeness (QED) is 0.0222. The zero-order valence-electron chi connectivity index (χ0n) is 67.6. The van der Waals surface area contributed by atoms with Gasteiger partial charge in [-0.3, -0.25) is 37.3 Å². The van der Waals surface area contributed by atoms with Gasteiger partial charge in [0.1, 0.15) is 19.3 Å². The predicted octanol–water partition coefficient (Wildman–Crippen LogP) is 25.5. The highest BCUT2D eigenvalue weighted by Crippen LogP contribution is 2.45. The molecule has 0 aromatic heterocycles. The van der Waals surface area contributed by atoms with Gasteiger partial charge in [-0.05, 0) is 37.5 Å². The third-order valence-corrected chi connectivity index (χ3v) is 22.0. The number of hydrogen-bond acceptors (Lipinski definition) is 15. The van der Waals surface area contributed by atoms with Crippen molar-refractivity contribution in [2.45, 2.75) is 464 Å². The van der Waals surface area contributed by atoms with Gasteiger partial charge in [0, 0.05) is 25.7 Å². The van der Waals surface area contributed by atoms with E-state index in [1.165, 1.54) is 263 Å². The molecular weight excluding hydrogens is 1340 g/mol. The number of aliphatic hydroxyl groups excluding tert-OH is 1. The molecule has 0 aliphatic carbocycles. The molecule has 0 rings (SSSR count). The van der Waals surface area contributed by atoms with E-state index in [2.05, 4.69) is 41.5 Å². The number of rotatable bonds is 83. The largest absolute Gasteiger partial charge is 0.472 e. The Morgan fingerprint density at radius 3 is 0.738 bits per heavy atom. The molecule has 0 fully saturated rings. The molecule has 0 aliphatic rings. The first-order valence-corrected chi connectivity index (χ1v) is 46.5. The zero-order chi connectivity index (χ0) is 75.6. The zero-order valence-corrected chi connectivity index (χ0v) is 69.4. The molecule has 0 bridgehead atoms. The lowest BCUT2D eigenvalue weighted by atomic mass is 9.99. The maximum atomic E-state index is 13.1. The van der Waals surface area contributed by atoms with Gasteiger partial charge in [-0.15, -0.1) is 0 Å². The normalized spacial score (nSPS) is 14.1. The molecule has 103 heavy (non-hydrogen) atoms. The first-order chi connectivity index (χ1) is 49.9. The van der Waals surface area contributed by atoms with Crippen molar-refractivity contribution in [3.05, 3.63) is 0 Å². The molecule has 0 aliphatic heterocycles. The fourth-order valence-corrected chi connectivity index (χ4v) is 14.6. The summed E-state index contributed by atoms with van der Waals surface area (Å²) in [5.41, 5.74) is 0. The van der Waals surface area contributed by atoms with Gasteiger partial charge < -0.3 is 33.8 Å². The fourth-order valence-electron chi connectivity index (χ4n) is 13.0. The molecule has 0 aromatic carbocycles. The van der Waals surface area contributed by atoms with E-state index in [-0.39, 0.29) is 25.7 Å². The second kappa shape index (κ2) is 75.5. The van der Waals surface area contributed by atoms with E-state index in [1.807, 2.05) is 0 Å². The average molecular weight is 1510 g/mol. The molecule has 3 unspecified atom stereocenters. The Bertz CT molecular complexity index is 1980. The van der Waals surface area contributed by atoms with Gasteiger partial charge in [0.25, 0.3) is 0 Å². The minimum Gasteiger partial charge on any atom is -0.462 e. The summed E-state index contributed by atoms with van der Waals surface area (Å²) in [7, 11) is -9.93. The number of carbonyl (C=O) groups excluding carboxylic acids is 4. The third-order valence-electron chi connectivity index (χ3n) is 20.1. The third kappa shape index (κ3) is 76.6. The van der Waals surface area contributed by atoms with Crippen molar-refractivity contribution in [2.75, 3.05) is 39.6 Å². The number of esters is 4. The lowest BCUT2D eigenvalue weighted by Crippen LogP contribution is -2.30. The van der Waals surface area contributed by atoms with Gasteiger partial charge in [0.05, 0.1) is 26.4 Å². The summed E-state index contributed by atoms with van der Waals surface area (Å²) in [6.45, 7) is 9.68. The molecule has 0 saturated carbocycles. The van der Waals surface area contributed by atoms with Crippen molar-refractivity contribution in [2.24, 2.45) is 11.8 Å². The van der Waals surface area contributed by atoms with Crippen LogP contribution < -0.4 is 0 Å². The van der Waals surface area contributed by atoms with Crippen LogP contribution in [0.2, 0.25) is 0 Å². The summed E-state index contributed by atoms with van der Waals surface area (Å²) < 4.78 is 68.8. The van der Waals surface area contributed by atoms with E-state index in [9.17, 15) is 43.2 Å². The van der Waals surface area contributed by atoms with Crippen molar-refractivity contribution >= 4 is 39.5 Å². The van der Waals surface area contributed by atoms with E-state index in [1.54, 1.807) is 0 Å². The summed E-state index contributed by atoms with van der Waals surface area (Å²) >= 11 is 0. The molecule has 0 saturated heterocycles. The Hall–Kier alpha value is -1.94. The van der Waals surface area contributed by atoms with Gasteiger partial charge in [-0.1, -0.05) is 395 Å². The lowest BCUT2D eigenvalue weighted by Gasteiger charge is -2.21. The summed E-state index contributed by atoms with van der Waals surface area (Å²) in [4.78, 5) is 73.2. The number of phosphoric acid groups is 2. The Kier molecular flexibility index (Phi) is 74.1. The van der Waals surface area contributed by atoms with Crippen LogP contribution in [0.4, 0.5) is 0 Å². The number of aliphatic hydroxyl groups is 1. The molecular formula is C84H164O17P2. The number of phosphoric ester groups is 2. The van der Waals surface area contributed by atoms with Gasteiger partial charge in [-0.25, -0.2) is 9.13 Å². The Labute approximate surface area is 632 Å². The van der Waals surface area contributed by atoms with E-state index < -0.39 is 97.5 Å². The lowest BCUT2D eigenvalue weighted by molar-refractivity contribution is -0.161. The van der Waals surface area contributed by atoms with Crippen LogP contribution in [0.5, 0.6) is 0 Å². The summed E-state index contributed by atoms with van der Waals surface area (Å²) in [5.74, 6) is -0.527. The van der Waals surface area contributed by atoms with Crippen molar-refractivity contribution in [3.63, 3.8) is 0 Å². The minimum atomic E-state index is -4.96. The first-order valence-electron chi connectivity index (χ1n) is 43.5. The number of unbranched alkanes of at least 4 members (excludes halogenated alkanes) is 52. The van der Waals surface area contributed by atoms with Crippen molar-refractivity contribution in [1.82, 2.24) is 0 Å². The van der Waals surface area contributed by atoms with Gasteiger partial charge >= 0.3 is 39.5 Å². The van der Waals surface area contributed by atoms with E-state index >= 15 is 0 Å². The van der Waals surface area contributed by atoms with E-state index in [0.717, 1.165) is 102 Å². The second-order valence-electron chi connectivity index (χ2n) is 30.9. The molecule has 3 N–H and O–H groups in total. The molecule has 0 spiro atoms. The molecule has 612 valence electrons.